The Bertz CT molecular complexity index is 4470. The van der Waals surface area contributed by atoms with E-state index in [9.17, 15) is 84.5 Å². The van der Waals surface area contributed by atoms with Crippen molar-refractivity contribution in [1.82, 2.24) is 59.0 Å². The molecule has 5 aliphatic rings. The average molecular weight is 1950 g/mol. The maximum absolute atomic E-state index is 12.5. The Morgan fingerprint density at radius 3 is 1.16 bits per heavy atom. The molecule has 58 heteroatoms. The second-order valence-corrected chi connectivity index (χ2v) is 52.0. The summed E-state index contributed by atoms with van der Waals surface area (Å²) in [7, 11) is -12.9. The molecule has 13 N–H and O–H groups in total. The zero-order valence-electron chi connectivity index (χ0n) is 75.1. The number of hydrogen-bond acceptors (Lipinski definition) is 47. The van der Waals surface area contributed by atoms with E-state index >= 15 is 0 Å². The number of anilines is 4. The fourth-order valence-corrected chi connectivity index (χ4v) is 16.3. The van der Waals surface area contributed by atoms with Crippen molar-refractivity contribution in [3.8, 4) is 6.01 Å². The summed E-state index contributed by atoms with van der Waals surface area (Å²) in [5, 5.41) is 54.4. The molecule has 4 aromatic heterocycles. The Balaban J connectivity index is 0.000000752. The molecule has 9 rings (SSSR count). The molecule has 0 bridgehead atoms. The summed E-state index contributed by atoms with van der Waals surface area (Å²) >= 11 is 0. The quantitative estimate of drug-likeness (QED) is 0.0215. The highest BCUT2D eigenvalue weighted by atomic mass is 32.2. The molecular weight excluding hydrogens is 1820 g/mol. The van der Waals surface area contributed by atoms with Gasteiger partial charge in [0.2, 0.25) is 65.2 Å². The van der Waals surface area contributed by atoms with E-state index in [1.165, 1.54) is 87.7 Å². The monoisotopic (exact) mass is 1940 g/mol. The summed E-state index contributed by atoms with van der Waals surface area (Å²) in [6, 6.07) is 0.426. The van der Waals surface area contributed by atoms with Crippen molar-refractivity contribution in [2.75, 3.05) is 28.0 Å². The summed E-state index contributed by atoms with van der Waals surface area (Å²) in [6.07, 6.45) is -11.3. The van der Waals surface area contributed by atoms with E-state index in [4.69, 9.17) is 93.2 Å². The zero-order valence-corrected chi connectivity index (χ0v) is 79.9. The van der Waals surface area contributed by atoms with Gasteiger partial charge in [-0.2, -0.15) is 46.5 Å². The highest BCUT2D eigenvalue weighted by Gasteiger charge is 2.54. The van der Waals surface area contributed by atoms with Crippen LogP contribution in [0.4, 0.5) is 37.0 Å². The van der Waals surface area contributed by atoms with Crippen molar-refractivity contribution in [3.63, 3.8) is 0 Å². The Labute approximate surface area is 744 Å². The number of hydrogen-bond donors (Lipinski definition) is 11. The summed E-state index contributed by atoms with van der Waals surface area (Å²) in [4.78, 5) is 167. The van der Waals surface area contributed by atoms with Crippen LogP contribution in [-0.4, -0.2) is 301 Å². The number of nitrogens with one attached hydrogen (secondary N) is 3. The maximum atomic E-state index is 12.5. The first-order valence-electron chi connectivity index (χ1n) is 39.3. The van der Waals surface area contributed by atoms with Crippen LogP contribution in [0.1, 0.15) is 129 Å². The van der Waals surface area contributed by atoms with Gasteiger partial charge in [-0.1, -0.05) is 74.4 Å². The van der Waals surface area contributed by atoms with Crippen LogP contribution in [-0.2, 0) is 114 Å². The first-order chi connectivity index (χ1) is 58.8. The number of carbonyl (C=O) groups excluding carboxylic acids is 8. The molecule has 9 heterocycles. The molecule has 20 atom stereocenters. The van der Waals surface area contributed by atoms with Crippen LogP contribution in [0.5, 0.6) is 6.01 Å². The molecule has 0 aliphatic carbocycles. The highest BCUT2D eigenvalue weighted by molar-refractivity contribution is 7.88. The molecule has 4 aromatic rings. The largest absolute Gasteiger partial charge is 0.522 e. The summed E-state index contributed by atoms with van der Waals surface area (Å²) in [5.41, 5.74) is 3.24. The van der Waals surface area contributed by atoms with Crippen molar-refractivity contribution < 1.29 is 160 Å². The minimum absolute atomic E-state index is 0. The van der Waals surface area contributed by atoms with E-state index < -0.39 is 243 Å². The molecule has 0 radical (unpaired) electrons. The number of carbonyl (C=O) groups is 8. The number of halogens is 3. The van der Waals surface area contributed by atoms with E-state index in [1.807, 2.05) is 47.3 Å². The Morgan fingerprint density at radius 2 is 0.837 bits per heavy atom. The third-order valence-corrected chi connectivity index (χ3v) is 22.0. The normalized spacial score (nSPS) is 25.5. The molecule has 0 spiro atoms. The number of aromatic amines is 1. The number of nitrogens with zero attached hydrogens (tertiary/aromatic N) is 11. The number of aliphatic hydroxyl groups excluding tert-OH is 6. The Hall–Kier alpha value is -9.67. The molecule has 734 valence electrons. The molecule has 129 heavy (non-hydrogen) atoms. The van der Waals surface area contributed by atoms with Gasteiger partial charge in [0.15, 0.2) is 43.2 Å². The van der Waals surface area contributed by atoms with Crippen molar-refractivity contribution in [1.29, 1.82) is 0 Å². The first-order valence-corrected chi connectivity index (χ1v) is 54.5. The van der Waals surface area contributed by atoms with Gasteiger partial charge in [0, 0.05) is 55.4 Å². The lowest BCUT2D eigenvalue weighted by atomic mass is 10.1. The number of nitrogens with two attached hydrogens (primary N) is 2. The van der Waals surface area contributed by atoms with Gasteiger partial charge in [-0.05, 0) is 65.0 Å². The van der Waals surface area contributed by atoms with E-state index in [0.29, 0.717) is 37.6 Å². The zero-order chi connectivity index (χ0) is 98.4. The molecule has 0 aromatic carbocycles. The van der Waals surface area contributed by atoms with Gasteiger partial charge < -0.3 is 122 Å². The number of rotatable bonds is 23. The van der Waals surface area contributed by atoms with Gasteiger partial charge in [0.25, 0.3) is 0 Å². The van der Waals surface area contributed by atoms with Crippen molar-refractivity contribution in [3.05, 3.63) is 56.8 Å². The molecule has 50 nitrogen and oxygen atoms in total. The molecule has 5 fully saturated rings. The molecule has 8 unspecified atom stereocenters. The lowest BCUT2D eigenvalue weighted by Crippen LogP contribution is -2.41. The molecule has 0 saturated carbocycles. The van der Waals surface area contributed by atoms with E-state index in [-0.39, 0.29) is 25.3 Å². The van der Waals surface area contributed by atoms with E-state index in [0.717, 1.165) is 21.8 Å². The van der Waals surface area contributed by atoms with Gasteiger partial charge >= 0.3 is 86.5 Å². The number of nitrogen functional groups attached to an aromatic ring is 2. The lowest BCUT2D eigenvalue weighted by molar-refractivity contribution is -0.195. The smallest absolute Gasteiger partial charge is 0.518 e. The molecule has 0 amide bonds. The standard InChI is InChI=1S/C16H26N4O6Si.2C12H18O7.C9H14N4O4.C9H20N4OSi2.C5H10O5.C4H9F3O3SSi.C3H4N4O.CH4/c1-7-11-12(24-9(2)21)13(25-10(3)22)14(26-11)20-8-17-15(18-16(20)23)19-27(4,5)6;2*1-5-9-10(16-6(2)13)11(17-7(3)14)12(19-9)18-8(4)15;1-2-4-5(14)6(15)7(17-4)13-3-11-8(10)12-9(13)16;1-15(2,3)13-8-10-7-11-9(12-8)14-16(4,5)6;6-1-2-3(7)4(8)5(9)10-2;1-12(2,3)10-11(8,9)4(5,6)7;4-2-5-1-6-3(8)7-2;/h8,11-14H,7H2,1-6H3,(H,18,19,23);2*9-12H,5H2,1-4H3;3-7,14-15H,2H2,1H3,(H2,10,12,16);7H,1-6H3,(H,10,11,12,13);2-9H,1H2;1-3H3;1H,(H3,4,5,6,7,8);1H4/t11-,12?,13+,14-;2*9-,10?,11+,12?;4-,5?,6+,7-;;2-,3?,4+,5?;;;/m1111.1.../s1. The topological polar surface area (TPSA) is 700 Å². The summed E-state index contributed by atoms with van der Waals surface area (Å²) in [5.74, 6) is -3.63. The van der Waals surface area contributed by atoms with E-state index in [1.54, 1.807) is 0 Å². The van der Waals surface area contributed by atoms with Gasteiger partial charge in [-0.15, -0.1) is 0 Å². The van der Waals surface area contributed by atoms with Crippen LogP contribution >= 0.6 is 0 Å². The van der Waals surface area contributed by atoms with E-state index in [2.05, 4.69) is 108 Å². The molecule has 5 saturated heterocycles. The second-order valence-electron chi connectivity index (χ2n) is 31.8. The number of esters is 8. The van der Waals surface area contributed by atoms with Crippen LogP contribution in [0, 0.1) is 0 Å². The number of alkyl halides is 3. The van der Waals surface area contributed by atoms with Gasteiger partial charge in [-0.25, -0.2) is 34.3 Å². The number of ether oxygens (including phenoxy) is 13. The highest BCUT2D eigenvalue weighted by Crippen LogP contribution is 2.37. The predicted octanol–water partition coefficient (Wildman–Crippen LogP) is 1.22. The van der Waals surface area contributed by atoms with Gasteiger partial charge in [0.1, 0.15) is 90.6 Å². The Morgan fingerprint density at radius 1 is 0.465 bits per heavy atom. The van der Waals surface area contributed by atoms with Gasteiger partial charge in [-0.3, -0.25) is 52.5 Å². The van der Waals surface area contributed by atoms with Crippen LogP contribution in [0.25, 0.3) is 0 Å². The fraction of sp³-hybridized carbons (Fsp3) is 0.718. The fourth-order valence-electron chi connectivity index (χ4n) is 11.1. The van der Waals surface area contributed by atoms with Crippen LogP contribution in [0.3, 0.4) is 0 Å². The third kappa shape index (κ3) is 41.5. The van der Waals surface area contributed by atoms with Crippen LogP contribution in [0.15, 0.2) is 39.7 Å². The maximum Gasteiger partial charge on any atom is 0.522 e. The predicted molar refractivity (Wildman–Crippen MR) is 453 cm³/mol. The van der Waals surface area contributed by atoms with Crippen LogP contribution < -0.4 is 42.9 Å². The van der Waals surface area contributed by atoms with Gasteiger partial charge in [0.05, 0.1) is 12.7 Å². The van der Waals surface area contributed by atoms with Crippen molar-refractivity contribution in [2.45, 2.75) is 323 Å². The van der Waals surface area contributed by atoms with Crippen molar-refractivity contribution >= 4 is 115 Å². The minimum atomic E-state index is -5.39. The first kappa shape index (κ1) is 117. The minimum Gasteiger partial charge on any atom is -0.518 e. The lowest BCUT2D eigenvalue weighted by Gasteiger charge is -2.24. The summed E-state index contributed by atoms with van der Waals surface area (Å²) in [6.45, 7) is 39.8. The SMILES string of the molecule is C.CC[C@H]1OC(OC(C)=O)[C@@H](OC(C)=O)C1OC(C)=O.CC[C@H]1OC(OC(C)=O)[C@@H](OC(C)=O)C1OC(C)=O.CC[C@H]1O[C@@H](n2cnc(N)nc2=O)[C@@H](O)C1O.CC[C@H]1O[C@@H](n2cnc(N[Si](C)(C)C)nc2=O)[C@@H](OC(C)=O)C1OC(C)=O.C[Si](C)(C)Nc1ncnc(O[Si](C)(C)C)n1.C[Si](C)(C)OS(=O)(=O)C(F)(F)F.Nc1ncnc(=O)[nH]1.OC[C@H]1OC(O)[C@@H](O)C1O. The third-order valence-electron chi connectivity index (χ3n) is 15.9. The molecular formula is C71H123F3N16O34SSi4. The van der Waals surface area contributed by atoms with Crippen LogP contribution in [0.2, 0.25) is 78.6 Å². The summed E-state index contributed by atoms with van der Waals surface area (Å²) < 4.78 is 135. The second kappa shape index (κ2) is 52.4. The van der Waals surface area contributed by atoms with Crippen molar-refractivity contribution in [2.24, 2.45) is 0 Å². The average Bonchev–Trinajstić information content (AvgIpc) is 1.66. The number of aromatic nitrogens is 12. The Kier molecular flexibility index (Phi) is 47.7. The number of aliphatic hydroxyl groups is 6. The number of H-pyrrole nitrogens is 1. The molecule has 5 aliphatic heterocycles.